The Kier molecular flexibility index (Phi) is 9.16. The van der Waals surface area contributed by atoms with Crippen LogP contribution in [0.3, 0.4) is 0 Å². The van der Waals surface area contributed by atoms with Crippen molar-refractivity contribution in [3.63, 3.8) is 0 Å². The molecular weight excluding hydrogens is 258 g/mol. The van der Waals surface area contributed by atoms with E-state index in [0.29, 0.717) is 0 Å². The predicted octanol–water partition coefficient (Wildman–Crippen LogP) is 4.82. The Morgan fingerprint density at radius 1 is 0.905 bits per heavy atom. The highest BCUT2D eigenvalue weighted by Gasteiger charge is 1.99. The molecule has 1 aromatic rings. The summed E-state index contributed by atoms with van der Waals surface area (Å²) in [5.74, 6) is 1.73. The molecule has 120 valence electrons. The normalized spacial score (nSPS) is 11.3. The van der Waals surface area contributed by atoms with E-state index in [0.717, 1.165) is 18.2 Å². The zero-order valence-corrected chi connectivity index (χ0v) is 14.3. The SMILES string of the molecule is CC(C)CNCCCCCCc1ccc(OC(C)C)cc1. The molecule has 2 heteroatoms. The van der Waals surface area contributed by atoms with E-state index in [2.05, 4.69) is 57.3 Å². The molecule has 0 radical (unpaired) electrons. The summed E-state index contributed by atoms with van der Waals surface area (Å²) in [6.45, 7) is 10.9. The first-order chi connectivity index (χ1) is 10.1. The molecule has 1 aromatic carbocycles. The molecule has 2 nitrogen and oxygen atoms in total. The van der Waals surface area contributed by atoms with Crippen molar-refractivity contribution in [1.82, 2.24) is 5.32 Å². The number of ether oxygens (including phenoxy) is 1. The maximum absolute atomic E-state index is 5.66. The molecule has 0 saturated heterocycles. The van der Waals surface area contributed by atoms with Crippen LogP contribution in [0.1, 0.15) is 58.9 Å². The fraction of sp³-hybridized carbons (Fsp3) is 0.684. The standard InChI is InChI=1S/C19H33NO/c1-16(2)15-20-14-8-6-5-7-9-18-10-12-19(13-11-18)21-17(3)4/h10-13,16-17,20H,5-9,14-15H2,1-4H3. The summed E-state index contributed by atoms with van der Waals surface area (Å²) < 4.78 is 5.66. The van der Waals surface area contributed by atoms with Crippen molar-refractivity contribution >= 4 is 0 Å². The zero-order chi connectivity index (χ0) is 15.5. The van der Waals surface area contributed by atoms with E-state index in [1.807, 2.05) is 0 Å². The fourth-order valence-corrected chi connectivity index (χ4v) is 2.33. The Morgan fingerprint density at radius 3 is 2.19 bits per heavy atom. The molecule has 0 bridgehead atoms. The number of hydrogen-bond donors (Lipinski definition) is 1. The Morgan fingerprint density at radius 2 is 1.57 bits per heavy atom. The average molecular weight is 291 g/mol. The summed E-state index contributed by atoms with van der Waals surface area (Å²) in [6.07, 6.45) is 6.68. The predicted molar refractivity (Wildman–Crippen MR) is 92.1 cm³/mol. The molecule has 21 heavy (non-hydrogen) atoms. The topological polar surface area (TPSA) is 21.3 Å². The lowest BCUT2D eigenvalue weighted by Crippen LogP contribution is -2.20. The first kappa shape index (κ1) is 18.0. The van der Waals surface area contributed by atoms with Crippen LogP contribution in [0.25, 0.3) is 0 Å². The van der Waals surface area contributed by atoms with Crippen molar-refractivity contribution in [2.24, 2.45) is 5.92 Å². The third-order valence-corrected chi connectivity index (χ3v) is 3.42. The van der Waals surface area contributed by atoms with Gasteiger partial charge in [-0.15, -0.1) is 0 Å². The number of hydrogen-bond acceptors (Lipinski definition) is 2. The number of nitrogens with one attached hydrogen (secondary N) is 1. The molecule has 0 amide bonds. The third kappa shape index (κ3) is 9.52. The average Bonchev–Trinajstić information content (AvgIpc) is 2.42. The molecule has 1 rings (SSSR count). The molecule has 0 heterocycles. The van der Waals surface area contributed by atoms with Gasteiger partial charge in [0.1, 0.15) is 5.75 Å². The van der Waals surface area contributed by atoms with Crippen LogP contribution >= 0.6 is 0 Å². The first-order valence-electron chi connectivity index (χ1n) is 8.54. The van der Waals surface area contributed by atoms with Crippen molar-refractivity contribution in [2.75, 3.05) is 13.1 Å². The molecule has 0 atom stereocenters. The summed E-state index contributed by atoms with van der Waals surface area (Å²) in [5.41, 5.74) is 1.42. The van der Waals surface area contributed by atoms with Crippen molar-refractivity contribution < 1.29 is 4.74 Å². The van der Waals surface area contributed by atoms with Gasteiger partial charge in [0.25, 0.3) is 0 Å². The highest BCUT2D eigenvalue weighted by molar-refractivity contribution is 5.27. The molecule has 0 aliphatic heterocycles. The molecule has 0 spiro atoms. The van der Waals surface area contributed by atoms with Crippen molar-refractivity contribution in [2.45, 2.75) is 65.9 Å². The summed E-state index contributed by atoms with van der Waals surface area (Å²) >= 11 is 0. The van der Waals surface area contributed by atoms with E-state index in [-0.39, 0.29) is 6.10 Å². The smallest absolute Gasteiger partial charge is 0.119 e. The third-order valence-electron chi connectivity index (χ3n) is 3.42. The summed E-state index contributed by atoms with van der Waals surface area (Å²) in [6, 6.07) is 8.57. The summed E-state index contributed by atoms with van der Waals surface area (Å²) in [7, 11) is 0. The second-order valence-corrected chi connectivity index (χ2v) is 6.57. The van der Waals surface area contributed by atoms with Gasteiger partial charge in [-0.05, 0) is 69.8 Å². The van der Waals surface area contributed by atoms with Gasteiger partial charge in [-0.25, -0.2) is 0 Å². The van der Waals surface area contributed by atoms with Crippen LogP contribution in [0.5, 0.6) is 5.75 Å². The number of rotatable bonds is 11. The Balaban J connectivity index is 2.05. The molecular formula is C19H33NO. The van der Waals surface area contributed by atoms with Gasteiger partial charge in [0.2, 0.25) is 0 Å². The maximum Gasteiger partial charge on any atom is 0.119 e. The van der Waals surface area contributed by atoms with Crippen LogP contribution in [0.4, 0.5) is 0 Å². The monoisotopic (exact) mass is 291 g/mol. The van der Waals surface area contributed by atoms with Gasteiger partial charge < -0.3 is 10.1 Å². The van der Waals surface area contributed by atoms with E-state index < -0.39 is 0 Å². The lowest BCUT2D eigenvalue weighted by Gasteiger charge is -2.10. The summed E-state index contributed by atoms with van der Waals surface area (Å²) in [4.78, 5) is 0. The number of unbranched alkanes of at least 4 members (excludes halogenated alkanes) is 3. The molecule has 0 aliphatic rings. The van der Waals surface area contributed by atoms with Crippen LogP contribution < -0.4 is 10.1 Å². The van der Waals surface area contributed by atoms with E-state index in [9.17, 15) is 0 Å². The fourth-order valence-electron chi connectivity index (χ4n) is 2.33. The first-order valence-corrected chi connectivity index (χ1v) is 8.54. The largest absolute Gasteiger partial charge is 0.491 e. The van der Waals surface area contributed by atoms with Gasteiger partial charge in [-0.1, -0.05) is 38.8 Å². The zero-order valence-electron chi connectivity index (χ0n) is 14.3. The van der Waals surface area contributed by atoms with Gasteiger partial charge in [-0.3, -0.25) is 0 Å². The Bertz CT molecular complexity index is 356. The van der Waals surface area contributed by atoms with E-state index in [4.69, 9.17) is 4.74 Å². The van der Waals surface area contributed by atoms with Gasteiger partial charge in [-0.2, -0.15) is 0 Å². The van der Waals surface area contributed by atoms with Crippen LogP contribution in [0, 0.1) is 5.92 Å². The molecule has 0 saturated carbocycles. The van der Waals surface area contributed by atoms with E-state index >= 15 is 0 Å². The minimum Gasteiger partial charge on any atom is -0.491 e. The van der Waals surface area contributed by atoms with E-state index in [1.54, 1.807) is 0 Å². The minimum absolute atomic E-state index is 0.250. The maximum atomic E-state index is 5.66. The number of benzene rings is 1. The summed E-state index contributed by atoms with van der Waals surface area (Å²) in [5, 5.41) is 3.50. The highest BCUT2D eigenvalue weighted by Crippen LogP contribution is 2.15. The van der Waals surface area contributed by atoms with Crippen LogP contribution in [0.15, 0.2) is 24.3 Å². The molecule has 1 N–H and O–H groups in total. The lowest BCUT2D eigenvalue weighted by molar-refractivity contribution is 0.242. The van der Waals surface area contributed by atoms with Crippen LogP contribution in [-0.4, -0.2) is 19.2 Å². The molecule has 0 fully saturated rings. The minimum atomic E-state index is 0.250. The van der Waals surface area contributed by atoms with Gasteiger partial charge in [0.05, 0.1) is 6.10 Å². The highest BCUT2D eigenvalue weighted by atomic mass is 16.5. The molecule has 0 aliphatic carbocycles. The molecule has 0 aromatic heterocycles. The van der Waals surface area contributed by atoms with Gasteiger partial charge in [0, 0.05) is 0 Å². The van der Waals surface area contributed by atoms with Crippen molar-refractivity contribution in [3.8, 4) is 5.75 Å². The van der Waals surface area contributed by atoms with Crippen LogP contribution in [-0.2, 0) is 6.42 Å². The lowest BCUT2D eigenvalue weighted by atomic mass is 10.1. The van der Waals surface area contributed by atoms with E-state index in [1.165, 1.54) is 44.2 Å². The Hall–Kier alpha value is -1.02. The second-order valence-electron chi connectivity index (χ2n) is 6.57. The number of aryl methyl sites for hydroxylation is 1. The molecule has 0 unspecified atom stereocenters. The van der Waals surface area contributed by atoms with Crippen molar-refractivity contribution in [1.29, 1.82) is 0 Å². The second kappa shape index (κ2) is 10.7. The quantitative estimate of drug-likeness (QED) is 0.590. The van der Waals surface area contributed by atoms with Crippen molar-refractivity contribution in [3.05, 3.63) is 29.8 Å². The van der Waals surface area contributed by atoms with Crippen LogP contribution in [0.2, 0.25) is 0 Å². The van der Waals surface area contributed by atoms with Gasteiger partial charge >= 0.3 is 0 Å². The van der Waals surface area contributed by atoms with Gasteiger partial charge in [0.15, 0.2) is 0 Å². The Labute approximate surface area is 131 Å².